The van der Waals surface area contributed by atoms with Gasteiger partial charge >= 0.3 is 0 Å². The molecule has 0 aliphatic rings. The first-order chi connectivity index (χ1) is 7.19. The fourth-order valence-electron chi connectivity index (χ4n) is 1.21. The van der Waals surface area contributed by atoms with Crippen LogP contribution < -0.4 is 0 Å². The molecule has 0 aliphatic heterocycles. The Morgan fingerprint density at radius 3 is 2.40 bits per heavy atom. The van der Waals surface area contributed by atoms with Crippen molar-refractivity contribution in [2.45, 2.75) is 0 Å². The summed E-state index contributed by atoms with van der Waals surface area (Å²) in [6, 6.07) is 5.07. The molecule has 0 aliphatic carbocycles. The molecule has 15 heavy (non-hydrogen) atoms. The summed E-state index contributed by atoms with van der Waals surface area (Å²) in [6.45, 7) is 0. The van der Waals surface area contributed by atoms with Crippen LogP contribution in [0.2, 0.25) is 10.0 Å². The standard InChI is InChI=1S/C10H6Cl2N2O/c11-8-1-9(12)3-10(2-8)14-5-7(6-15)4-13-14/h1-6H. The Morgan fingerprint density at radius 1 is 1.20 bits per heavy atom. The maximum Gasteiger partial charge on any atom is 0.153 e. The van der Waals surface area contributed by atoms with E-state index in [9.17, 15) is 4.79 Å². The quantitative estimate of drug-likeness (QED) is 0.757. The molecule has 0 saturated carbocycles. The van der Waals surface area contributed by atoms with Crippen LogP contribution in [0.15, 0.2) is 30.6 Å². The number of aldehydes is 1. The monoisotopic (exact) mass is 240 g/mol. The van der Waals surface area contributed by atoms with Gasteiger partial charge in [-0.1, -0.05) is 23.2 Å². The van der Waals surface area contributed by atoms with Gasteiger partial charge in [-0.25, -0.2) is 4.68 Å². The lowest BCUT2D eigenvalue weighted by Gasteiger charge is -2.02. The Labute approximate surface area is 96.2 Å². The third-order valence-corrected chi connectivity index (χ3v) is 2.29. The fraction of sp³-hybridized carbons (Fsp3) is 0. The van der Waals surface area contributed by atoms with Crippen molar-refractivity contribution in [1.29, 1.82) is 0 Å². The number of rotatable bonds is 2. The Bertz CT molecular complexity index is 488. The second-order valence-corrected chi connectivity index (χ2v) is 3.84. The van der Waals surface area contributed by atoms with Gasteiger partial charge in [-0.15, -0.1) is 0 Å². The normalized spacial score (nSPS) is 10.3. The Kier molecular flexibility index (Phi) is 2.75. The van der Waals surface area contributed by atoms with Gasteiger partial charge in [0, 0.05) is 16.2 Å². The molecule has 0 bridgehead atoms. The summed E-state index contributed by atoms with van der Waals surface area (Å²) < 4.78 is 1.54. The van der Waals surface area contributed by atoms with Crippen molar-refractivity contribution < 1.29 is 4.79 Å². The molecule has 3 nitrogen and oxygen atoms in total. The van der Waals surface area contributed by atoms with Crippen LogP contribution in [0.4, 0.5) is 0 Å². The minimum Gasteiger partial charge on any atom is -0.298 e. The first-order valence-corrected chi connectivity index (χ1v) is 4.91. The number of nitrogens with zero attached hydrogens (tertiary/aromatic N) is 2. The molecule has 0 saturated heterocycles. The van der Waals surface area contributed by atoms with E-state index in [2.05, 4.69) is 5.10 Å². The van der Waals surface area contributed by atoms with Crippen molar-refractivity contribution in [2.24, 2.45) is 0 Å². The highest BCUT2D eigenvalue weighted by atomic mass is 35.5. The van der Waals surface area contributed by atoms with E-state index in [0.717, 1.165) is 12.0 Å². The third kappa shape index (κ3) is 2.19. The van der Waals surface area contributed by atoms with Crippen LogP contribution in [0, 0.1) is 0 Å². The van der Waals surface area contributed by atoms with Crippen LogP contribution >= 0.6 is 23.2 Å². The van der Waals surface area contributed by atoms with E-state index >= 15 is 0 Å². The van der Waals surface area contributed by atoms with Crippen molar-refractivity contribution in [3.05, 3.63) is 46.2 Å². The van der Waals surface area contributed by atoms with Crippen molar-refractivity contribution in [3.63, 3.8) is 0 Å². The summed E-state index contributed by atoms with van der Waals surface area (Å²) in [5, 5.41) is 5.06. The van der Waals surface area contributed by atoms with Crippen LogP contribution in [0.5, 0.6) is 0 Å². The molecule has 0 radical (unpaired) electrons. The zero-order valence-electron chi connectivity index (χ0n) is 7.52. The lowest BCUT2D eigenvalue weighted by molar-refractivity contribution is 0.112. The fourth-order valence-corrected chi connectivity index (χ4v) is 1.72. The molecular weight excluding hydrogens is 235 g/mol. The van der Waals surface area contributed by atoms with Gasteiger partial charge in [0.15, 0.2) is 6.29 Å². The van der Waals surface area contributed by atoms with Gasteiger partial charge in [0.05, 0.1) is 17.4 Å². The molecule has 2 aromatic rings. The predicted octanol–water partition coefficient (Wildman–Crippen LogP) is 2.99. The number of hydrogen-bond donors (Lipinski definition) is 0. The van der Waals surface area contributed by atoms with Gasteiger partial charge in [0.1, 0.15) is 0 Å². The second kappa shape index (κ2) is 4.04. The maximum absolute atomic E-state index is 10.5. The molecule has 1 aromatic carbocycles. The summed E-state index contributed by atoms with van der Waals surface area (Å²) in [5.41, 5.74) is 1.23. The molecule has 0 spiro atoms. The zero-order valence-corrected chi connectivity index (χ0v) is 9.03. The van der Waals surface area contributed by atoms with Crippen LogP contribution in [-0.2, 0) is 0 Å². The highest BCUT2D eigenvalue weighted by Gasteiger charge is 2.02. The van der Waals surface area contributed by atoms with Gasteiger partial charge in [0.25, 0.3) is 0 Å². The average Bonchev–Trinajstić information content (AvgIpc) is 2.64. The minimum absolute atomic E-state index is 0.506. The van der Waals surface area contributed by atoms with E-state index in [0.29, 0.717) is 15.6 Å². The molecule has 0 fully saturated rings. The smallest absolute Gasteiger partial charge is 0.153 e. The average molecular weight is 241 g/mol. The van der Waals surface area contributed by atoms with Gasteiger partial charge in [-0.05, 0) is 18.2 Å². The molecule has 76 valence electrons. The topological polar surface area (TPSA) is 34.9 Å². The minimum atomic E-state index is 0.506. The van der Waals surface area contributed by atoms with Crippen molar-refractivity contribution in [1.82, 2.24) is 9.78 Å². The molecule has 0 unspecified atom stereocenters. The number of halogens is 2. The Balaban J connectivity index is 2.48. The van der Waals surface area contributed by atoms with E-state index in [1.54, 1.807) is 29.1 Å². The van der Waals surface area contributed by atoms with E-state index in [1.807, 2.05) is 0 Å². The molecule has 1 aromatic heterocycles. The second-order valence-electron chi connectivity index (χ2n) is 2.96. The molecule has 5 heteroatoms. The number of carbonyl (C=O) groups is 1. The number of carbonyl (C=O) groups excluding carboxylic acids is 1. The lowest BCUT2D eigenvalue weighted by Crippen LogP contribution is -1.93. The Hall–Kier alpha value is -1.32. The van der Waals surface area contributed by atoms with Crippen LogP contribution in [0.3, 0.4) is 0 Å². The highest BCUT2D eigenvalue weighted by molar-refractivity contribution is 6.34. The van der Waals surface area contributed by atoms with Gasteiger partial charge in [0.2, 0.25) is 0 Å². The zero-order chi connectivity index (χ0) is 10.8. The number of benzene rings is 1. The summed E-state index contributed by atoms with van der Waals surface area (Å²) in [4.78, 5) is 10.5. The van der Waals surface area contributed by atoms with Gasteiger partial charge in [-0.2, -0.15) is 5.10 Å². The van der Waals surface area contributed by atoms with E-state index in [1.165, 1.54) is 6.20 Å². The summed E-state index contributed by atoms with van der Waals surface area (Å²) >= 11 is 11.7. The number of hydrogen-bond acceptors (Lipinski definition) is 2. The van der Waals surface area contributed by atoms with Crippen molar-refractivity contribution >= 4 is 29.5 Å². The SMILES string of the molecule is O=Cc1cnn(-c2cc(Cl)cc(Cl)c2)c1. The van der Waals surface area contributed by atoms with Crippen molar-refractivity contribution in [3.8, 4) is 5.69 Å². The summed E-state index contributed by atoms with van der Waals surface area (Å²) in [5.74, 6) is 0. The molecular formula is C10H6Cl2N2O. The van der Waals surface area contributed by atoms with E-state index in [4.69, 9.17) is 23.2 Å². The summed E-state index contributed by atoms with van der Waals surface area (Å²) in [6.07, 6.45) is 3.81. The van der Waals surface area contributed by atoms with Crippen LogP contribution in [0.1, 0.15) is 10.4 Å². The maximum atomic E-state index is 10.5. The lowest BCUT2D eigenvalue weighted by atomic mass is 10.3. The highest BCUT2D eigenvalue weighted by Crippen LogP contribution is 2.21. The molecule has 0 atom stereocenters. The summed E-state index contributed by atoms with van der Waals surface area (Å²) in [7, 11) is 0. The molecule has 1 heterocycles. The van der Waals surface area contributed by atoms with Crippen LogP contribution in [-0.4, -0.2) is 16.1 Å². The molecule has 2 rings (SSSR count). The van der Waals surface area contributed by atoms with E-state index < -0.39 is 0 Å². The Morgan fingerprint density at radius 2 is 1.87 bits per heavy atom. The molecule has 0 amide bonds. The predicted molar refractivity (Wildman–Crippen MR) is 59.0 cm³/mol. The van der Waals surface area contributed by atoms with Gasteiger partial charge in [-0.3, -0.25) is 4.79 Å². The number of aromatic nitrogens is 2. The first-order valence-electron chi connectivity index (χ1n) is 4.15. The largest absolute Gasteiger partial charge is 0.298 e. The third-order valence-electron chi connectivity index (χ3n) is 1.85. The van der Waals surface area contributed by atoms with Gasteiger partial charge < -0.3 is 0 Å². The van der Waals surface area contributed by atoms with Crippen LogP contribution in [0.25, 0.3) is 5.69 Å². The molecule has 0 N–H and O–H groups in total. The van der Waals surface area contributed by atoms with Crippen molar-refractivity contribution in [2.75, 3.05) is 0 Å². The first kappa shape index (κ1) is 10.2. The van der Waals surface area contributed by atoms with E-state index in [-0.39, 0.29) is 0 Å².